The van der Waals surface area contributed by atoms with Crippen molar-refractivity contribution in [2.75, 3.05) is 51.9 Å². The zero-order valence-electron chi connectivity index (χ0n) is 47.8. The molecule has 0 fully saturated rings. The van der Waals surface area contributed by atoms with Crippen LogP contribution >= 0.6 is 45.8 Å². The first-order valence-corrected chi connectivity index (χ1v) is 31.1. The first-order chi connectivity index (χ1) is 42.4. The summed E-state index contributed by atoms with van der Waals surface area (Å²) in [5.41, 5.74) is 13.4. The van der Waals surface area contributed by atoms with E-state index in [2.05, 4.69) is 92.5 Å². The minimum absolute atomic E-state index is 0.0745. The largest absolute Gasteiger partial charge is 0.493 e. The van der Waals surface area contributed by atoms with Crippen LogP contribution in [0, 0.1) is 0 Å². The van der Waals surface area contributed by atoms with E-state index in [0.29, 0.717) is 48.9 Å². The van der Waals surface area contributed by atoms with Crippen LogP contribution in [-0.4, -0.2) is 89.9 Å². The standard InChI is InChI=1S/C34H30ClN2O6.C27H22ClNO4.C7H8INO2/c1-40-28-10-9-24-25(8-5-21-3-6-23(35)7-4-21)33-26-18-30-29(42-20-43-30)17-22(26)13-15-36(33)19-27(24)34(28)41-16-2-14-37-31(38)11-12-32(37)39;1-31-23-9-8-19-20(7-4-16-2-5-18(28)6-3-16)26-21-13-25-24(32-15-33-25)12-17(21)10-11-29(26)14-22(19)27(23)30;8-4-1-5-9-6(10)2-3-7(9)11/h3-4,6-7,9-12,17-19H,2,5,8,13-16,20H2,1H3;2-3,5-6,8-9,12-14H,4,7,10-11,15H2,1H3;2-3H,1,4-5H2/q+1;;. The molecule has 0 unspecified atom stereocenters. The van der Waals surface area contributed by atoms with Gasteiger partial charge in [0.25, 0.3) is 23.6 Å². The number of imide groups is 2. The fraction of sp³-hybridized carbons (Fsp3) is 0.265. The lowest BCUT2D eigenvalue weighted by Gasteiger charge is -2.29. The highest BCUT2D eigenvalue weighted by molar-refractivity contribution is 14.1. The monoisotopic (exact) mass is 1320 g/mol. The van der Waals surface area contributed by atoms with E-state index < -0.39 is 0 Å². The molecule has 4 amide bonds. The zero-order valence-corrected chi connectivity index (χ0v) is 51.5. The number of halogens is 3. The quantitative estimate of drug-likeness (QED) is 0.0296. The van der Waals surface area contributed by atoms with Crippen molar-refractivity contribution >= 4 is 80.2 Å². The number of ether oxygens (including phenoxy) is 7. The van der Waals surface area contributed by atoms with Gasteiger partial charge in [-0.1, -0.05) is 70.1 Å². The second kappa shape index (κ2) is 25.9. The van der Waals surface area contributed by atoms with Crippen LogP contribution in [0.25, 0.3) is 44.4 Å². The van der Waals surface area contributed by atoms with E-state index in [-0.39, 0.29) is 42.6 Å². The van der Waals surface area contributed by atoms with Gasteiger partial charge < -0.3 is 37.7 Å². The molecule has 0 spiro atoms. The molecule has 8 aliphatic rings. The summed E-state index contributed by atoms with van der Waals surface area (Å²) in [5.74, 6) is 3.84. The summed E-state index contributed by atoms with van der Waals surface area (Å²) in [6.45, 7) is 3.24. The molecule has 0 radical (unpaired) electrons. The number of amides is 4. The van der Waals surface area contributed by atoms with Gasteiger partial charge in [0, 0.05) is 93.1 Å². The number of hydrogen-bond acceptors (Lipinski definition) is 12. The molecule has 14 rings (SSSR count). The number of alkyl halides is 1. The molecule has 1 aliphatic carbocycles. The maximum Gasteiger partial charge on any atom is 0.253 e. The van der Waals surface area contributed by atoms with E-state index in [9.17, 15) is 24.0 Å². The molecule has 0 N–H and O–H groups in total. The summed E-state index contributed by atoms with van der Waals surface area (Å²) in [6.07, 6.45) is 15.7. The zero-order chi connectivity index (χ0) is 60.3. The molecule has 0 bridgehead atoms. The van der Waals surface area contributed by atoms with Crippen molar-refractivity contribution < 1.29 is 56.9 Å². The Bertz CT molecular complexity index is 4090. The molecule has 16 nitrogen and oxygen atoms in total. The van der Waals surface area contributed by atoms with Crippen LogP contribution in [0.2, 0.25) is 10.0 Å². The van der Waals surface area contributed by atoms with Gasteiger partial charge in [0.15, 0.2) is 53.0 Å². The van der Waals surface area contributed by atoms with Crippen LogP contribution in [0.5, 0.6) is 40.2 Å². The van der Waals surface area contributed by atoms with Gasteiger partial charge in [0.05, 0.1) is 37.5 Å². The molecule has 8 heterocycles. The van der Waals surface area contributed by atoms with Crippen molar-refractivity contribution in [1.82, 2.24) is 14.4 Å². The number of pyridine rings is 2. The average molecular weight is 1320 g/mol. The molecule has 0 saturated carbocycles. The molecule has 1 aromatic heterocycles. The van der Waals surface area contributed by atoms with Crippen molar-refractivity contribution in [3.63, 3.8) is 0 Å². The van der Waals surface area contributed by atoms with Crippen molar-refractivity contribution in [1.29, 1.82) is 0 Å². The van der Waals surface area contributed by atoms with Crippen LogP contribution < -0.4 is 43.2 Å². The number of fused-ring (bicyclic) bond motifs is 10. The second-order valence-corrected chi connectivity index (χ2v) is 23.4. The highest BCUT2D eigenvalue weighted by Crippen LogP contribution is 2.46. The number of methoxy groups -OCH3 is 2. The van der Waals surface area contributed by atoms with Crippen LogP contribution in [0.4, 0.5) is 0 Å². The van der Waals surface area contributed by atoms with Gasteiger partial charge in [-0.3, -0.25) is 33.8 Å². The van der Waals surface area contributed by atoms with E-state index >= 15 is 0 Å². The molecular formula is C68H60Cl2IN4O12+. The van der Waals surface area contributed by atoms with Crippen LogP contribution in [0.3, 0.4) is 0 Å². The predicted octanol–water partition coefficient (Wildman–Crippen LogP) is 11.3. The highest BCUT2D eigenvalue weighted by atomic mass is 127. The van der Waals surface area contributed by atoms with Crippen LogP contribution in [-0.2, 0) is 70.8 Å². The second-order valence-electron chi connectivity index (χ2n) is 21.5. The first-order valence-electron chi connectivity index (χ1n) is 28.8. The Kier molecular flexibility index (Phi) is 17.6. The summed E-state index contributed by atoms with van der Waals surface area (Å²) in [7, 11) is 3.17. The Balaban J connectivity index is 0.000000148. The molecule has 444 valence electrons. The topological polar surface area (TPSA) is 165 Å². The van der Waals surface area contributed by atoms with E-state index in [1.807, 2.05) is 42.6 Å². The van der Waals surface area contributed by atoms with Crippen LogP contribution in [0.1, 0.15) is 46.2 Å². The van der Waals surface area contributed by atoms with Crippen molar-refractivity contribution in [2.45, 2.75) is 64.5 Å². The van der Waals surface area contributed by atoms with Crippen LogP contribution in [0.15, 0.2) is 139 Å². The number of carbonyl (C=O) groups is 4. The lowest BCUT2D eigenvalue weighted by atomic mass is 9.86. The summed E-state index contributed by atoms with van der Waals surface area (Å²) < 4.78 is 45.7. The van der Waals surface area contributed by atoms with Gasteiger partial charge in [-0.25, -0.2) is 0 Å². The normalized spacial score (nSPS) is 14.6. The van der Waals surface area contributed by atoms with E-state index in [1.165, 1.54) is 69.0 Å². The van der Waals surface area contributed by atoms with Gasteiger partial charge in [0.2, 0.25) is 24.7 Å². The lowest BCUT2D eigenvalue weighted by molar-refractivity contribution is -0.686. The Morgan fingerprint density at radius 1 is 0.563 bits per heavy atom. The third-order valence-electron chi connectivity index (χ3n) is 16.3. The molecule has 19 heteroatoms. The molecule has 7 aliphatic heterocycles. The number of aromatic nitrogens is 2. The van der Waals surface area contributed by atoms with E-state index in [0.717, 1.165) is 140 Å². The number of aryl methyl sites for hydroxylation is 7. The number of nitrogens with zero attached hydrogens (tertiary/aromatic N) is 4. The average Bonchev–Trinajstić information content (AvgIpc) is 2.87. The summed E-state index contributed by atoms with van der Waals surface area (Å²) in [6, 6.07) is 32.2. The van der Waals surface area contributed by atoms with Crippen molar-refractivity contribution in [2.24, 2.45) is 0 Å². The third-order valence-corrected chi connectivity index (χ3v) is 17.6. The number of benzene rings is 6. The van der Waals surface area contributed by atoms with Gasteiger partial charge in [0.1, 0.15) is 0 Å². The fourth-order valence-electron chi connectivity index (χ4n) is 12.0. The smallest absolute Gasteiger partial charge is 0.253 e. The lowest BCUT2D eigenvalue weighted by Crippen LogP contribution is -2.41. The van der Waals surface area contributed by atoms with Gasteiger partial charge in [-0.15, -0.1) is 0 Å². The SMILES string of the molecule is COc1ccc2c(CCc3ccc(Cl)cc3)c3[n+](cc2c1OCCCN1C(=O)C=CC1=O)CCc1cc2c(cc1-3)OCO2.COc1ccc2c(CCc3ccc(Cl)cc3)c3n(cc-2c1=O)CCc1cc2c(cc1-3)OCO2.O=C1C=CC(=O)N1CCCI. The maximum atomic E-state index is 13.1. The first kappa shape index (κ1) is 59.0. The molecule has 6 aromatic rings. The van der Waals surface area contributed by atoms with Gasteiger partial charge >= 0.3 is 0 Å². The van der Waals surface area contributed by atoms with Crippen molar-refractivity contribution in [3.05, 3.63) is 187 Å². The Labute approximate surface area is 525 Å². The summed E-state index contributed by atoms with van der Waals surface area (Å²) in [5, 5.41) is 3.48. The Morgan fingerprint density at radius 3 is 1.69 bits per heavy atom. The third kappa shape index (κ3) is 12.2. The molecule has 87 heavy (non-hydrogen) atoms. The Morgan fingerprint density at radius 2 is 1.10 bits per heavy atom. The van der Waals surface area contributed by atoms with Crippen molar-refractivity contribution in [3.8, 4) is 73.9 Å². The van der Waals surface area contributed by atoms with Gasteiger partial charge in [-0.05, 0) is 151 Å². The van der Waals surface area contributed by atoms with E-state index in [4.69, 9.17) is 56.4 Å². The molecule has 0 saturated heterocycles. The summed E-state index contributed by atoms with van der Waals surface area (Å²) >= 11 is 14.5. The highest BCUT2D eigenvalue weighted by Gasteiger charge is 2.34. The fourth-order valence-corrected chi connectivity index (χ4v) is 12.6. The number of carbonyl (C=O) groups excluding carboxylic acids is 4. The van der Waals surface area contributed by atoms with Gasteiger partial charge in [-0.2, -0.15) is 4.57 Å². The summed E-state index contributed by atoms with van der Waals surface area (Å²) in [4.78, 5) is 61.3. The molecule has 0 atom stereocenters. The minimum Gasteiger partial charge on any atom is -0.493 e. The molecule has 5 aromatic carbocycles. The van der Waals surface area contributed by atoms with E-state index in [1.54, 1.807) is 13.2 Å². The molecular weight excluding hydrogens is 1260 g/mol. The predicted molar refractivity (Wildman–Crippen MR) is 338 cm³/mol. The number of rotatable bonds is 16. The maximum absolute atomic E-state index is 13.1. The number of hydrogen-bond donors (Lipinski definition) is 0. The minimum atomic E-state index is -0.288. The Hall–Kier alpha value is -8.39.